The molecule has 0 saturated carbocycles. The number of nitrogens with two attached hydrogens (primary N) is 2. The fourth-order valence-corrected chi connectivity index (χ4v) is 4.31. The third kappa shape index (κ3) is 25.9. The predicted molar refractivity (Wildman–Crippen MR) is 134 cm³/mol. The maximum Gasteiger partial charge on any atom is 0.0163 e. The van der Waals surface area contributed by atoms with Crippen molar-refractivity contribution in [3.05, 3.63) is 0 Å². The van der Waals surface area contributed by atoms with Crippen LogP contribution in [-0.4, -0.2) is 12.6 Å². The minimum absolute atomic E-state index is 0.227. The van der Waals surface area contributed by atoms with Gasteiger partial charge in [0.1, 0.15) is 0 Å². The van der Waals surface area contributed by atoms with Gasteiger partial charge in [0, 0.05) is 12.6 Å². The van der Waals surface area contributed by atoms with Crippen LogP contribution in [0.3, 0.4) is 0 Å². The minimum Gasteiger partial charge on any atom is -0.329 e. The van der Waals surface area contributed by atoms with Gasteiger partial charge in [-0.2, -0.15) is 0 Å². The molecule has 0 amide bonds. The molecule has 29 heavy (non-hydrogen) atoms. The summed E-state index contributed by atoms with van der Waals surface area (Å²) in [6.07, 6.45) is 34.3. The van der Waals surface area contributed by atoms with Gasteiger partial charge < -0.3 is 11.5 Å². The van der Waals surface area contributed by atoms with E-state index in [4.69, 9.17) is 11.5 Å². The van der Waals surface area contributed by atoms with Crippen LogP contribution < -0.4 is 11.5 Å². The van der Waals surface area contributed by atoms with Gasteiger partial charge in [0.05, 0.1) is 0 Å². The second-order valence-corrected chi connectivity index (χ2v) is 9.56. The summed E-state index contributed by atoms with van der Waals surface area (Å²) >= 11 is 0. The highest BCUT2D eigenvalue weighted by Gasteiger charge is 1.99. The molecule has 1 atom stereocenters. The Labute approximate surface area is 185 Å². The number of hydrogen-bond acceptors (Lipinski definition) is 2. The highest BCUT2D eigenvalue weighted by molar-refractivity contribution is 4.61. The Morgan fingerprint density at radius 2 is 0.655 bits per heavy atom. The van der Waals surface area contributed by atoms with Crippen LogP contribution in [0.2, 0.25) is 0 Å². The summed E-state index contributed by atoms with van der Waals surface area (Å²) in [4.78, 5) is 0. The SMILES string of the molecule is CCCCCCCCCCCCCCCCCCCCCCCCCC(N)CN. The predicted octanol–water partition coefficient (Wildman–Crippen LogP) is 8.65. The standard InChI is InChI=1S/C27H58N2/c1-2-3-4-5-6-7-8-9-10-11-12-13-14-15-16-17-18-19-20-21-22-23-24-25-27(29)26-28/h27H,2-26,28-29H2,1H3. The Kier molecular flexibility index (Phi) is 25.9. The topological polar surface area (TPSA) is 52.0 Å². The van der Waals surface area contributed by atoms with Crippen LogP contribution in [0, 0.1) is 0 Å². The molecule has 0 aliphatic rings. The molecule has 0 heterocycles. The van der Waals surface area contributed by atoms with Crippen molar-refractivity contribution in [1.29, 1.82) is 0 Å². The fourth-order valence-electron chi connectivity index (χ4n) is 4.31. The fraction of sp³-hybridized carbons (Fsp3) is 1.00. The third-order valence-corrected chi connectivity index (χ3v) is 6.48. The molecule has 0 aliphatic carbocycles. The molecule has 2 heteroatoms. The van der Waals surface area contributed by atoms with Gasteiger partial charge in [-0.1, -0.05) is 155 Å². The molecule has 0 aromatic carbocycles. The van der Waals surface area contributed by atoms with Crippen molar-refractivity contribution in [3.63, 3.8) is 0 Å². The van der Waals surface area contributed by atoms with Crippen LogP contribution in [0.25, 0.3) is 0 Å². The average molecular weight is 411 g/mol. The highest BCUT2D eigenvalue weighted by atomic mass is 14.7. The Hall–Kier alpha value is -0.0800. The van der Waals surface area contributed by atoms with Crippen molar-refractivity contribution in [2.45, 2.75) is 167 Å². The quantitative estimate of drug-likeness (QED) is 0.148. The molecule has 176 valence electrons. The molecule has 0 aliphatic heterocycles. The van der Waals surface area contributed by atoms with Crippen LogP contribution in [0.4, 0.5) is 0 Å². The van der Waals surface area contributed by atoms with Crippen molar-refractivity contribution in [2.75, 3.05) is 6.54 Å². The van der Waals surface area contributed by atoms with Crippen LogP contribution in [0.5, 0.6) is 0 Å². The molecule has 0 bridgehead atoms. The highest BCUT2D eigenvalue weighted by Crippen LogP contribution is 2.15. The lowest BCUT2D eigenvalue weighted by Crippen LogP contribution is -2.29. The van der Waals surface area contributed by atoms with Crippen LogP contribution >= 0.6 is 0 Å². The minimum atomic E-state index is 0.227. The number of hydrogen-bond donors (Lipinski definition) is 2. The van der Waals surface area contributed by atoms with Gasteiger partial charge in [-0.3, -0.25) is 0 Å². The second-order valence-electron chi connectivity index (χ2n) is 9.56. The van der Waals surface area contributed by atoms with Crippen LogP contribution in [0.15, 0.2) is 0 Å². The smallest absolute Gasteiger partial charge is 0.0163 e. The van der Waals surface area contributed by atoms with Gasteiger partial charge in [0.25, 0.3) is 0 Å². The van der Waals surface area contributed by atoms with E-state index in [0.717, 1.165) is 6.42 Å². The van der Waals surface area contributed by atoms with Crippen molar-refractivity contribution in [2.24, 2.45) is 11.5 Å². The first-order valence-electron chi connectivity index (χ1n) is 13.8. The van der Waals surface area contributed by atoms with E-state index in [1.54, 1.807) is 0 Å². The van der Waals surface area contributed by atoms with E-state index < -0.39 is 0 Å². The van der Waals surface area contributed by atoms with E-state index >= 15 is 0 Å². The maximum atomic E-state index is 5.84. The molecule has 4 N–H and O–H groups in total. The molecule has 1 unspecified atom stereocenters. The zero-order valence-electron chi connectivity index (χ0n) is 20.4. The molecule has 0 rings (SSSR count). The average Bonchev–Trinajstić information content (AvgIpc) is 2.74. The summed E-state index contributed by atoms with van der Waals surface area (Å²) in [5, 5.41) is 0. The summed E-state index contributed by atoms with van der Waals surface area (Å²) in [5.74, 6) is 0. The zero-order valence-corrected chi connectivity index (χ0v) is 20.4. The molecular formula is C27H58N2. The first-order valence-corrected chi connectivity index (χ1v) is 13.8. The molecule has 0 aromatic heterocycles. The summed E-state index contributed by atoms with van der Waals surface area (Å²) in [7, 11) is 0. The van der Waals surface area contributed by atoms with E-state index in [-0.39, 0.29) is 6.04 Å². The summed E-state index contributed by atoms with van der Waals surface area (Å²) in [6.45, 7) is 2.94. The normalized spacial score (nSPS) is 12.5. The van der Waals surface area contributed by atoms with Gasteiger partial charge >= 0.3 is 0 Å². The third-order valence-electron chi connectivity index (χ3n) is 6.48. The van der Waals surface area contributed by atoms with E-state index in [2.05, 4.69) is 6.92 Å². The number of unbranched alkanes of at least 4 members (excludes halogenated alkanes) is 22. The zero-order chi connectivity index (χ0) is 21.3. The Morgan fingerprint density at radius 1 is 0.414 bits per heavy atom. The summed E-state index contributed by atoms with van der Waals surface area (Å²) < 4.78 is 0. The van der Waals surface area contributed by atoms with Crippen molar-refractivity contribution in [3.8, 4) is 0 Å². The summed E-state index contributed by atoms with van der Waals surface area (Å²) in [6, 6.07) is 0.227. The molecule has 0 aromatic rings. The van der Waals surface area contributed by atoms with Crippen molar-refractivity contribution >= 4 is 0 Å². The van der Waals surface area contributed by atoms with Gasteiger partial charge in [-0.05, 0) is 6.42 Å². The summed E-state index contributed by atoms with van der Waals surface area (Å²) in [5.41, 5.74) is 11.4. The molecule has 0 radical (unpaired) electrons. The maximum absolute atomic E-state index is 5.84. The van der Waals surface area contributed by atoms with Gasteiger partial charge in [-0.25, -0.2) is 0 Å². The van der Waals surface area contributed by atoms with Gasteiger partial charge in [-0.15, -0.1) is 0 Å². The number of rotatable bonds is 25. The lowest BCUT2D eigenvalue weighted by molar-refractivity contribution is 0.511. The second kappa shape index (κ2) is 26.0. The largest absolute Gasteiger partial charge is 0.329 e. The Bertz CT molecular complexity index is 280. The van der Waals surface area contributed by atoms with Gasteiger partial charge in [0.15, 0.2) is 0 Å². The van der Waals surface area contributed by atoms with E-state index in [9.17, 15) is 0 Å². The Balaban J connectivity index is 3.00. The molecule has 0 spiro atoms. The Morgan fingerprint density at radius 3 is 0.897 bits per heavy atom. The molecule has 0 saturated heterocycles. The van der Waals surface area contributed by atoms with E-state index in [1.165, 1.54) is 148 Å². The van der Waals surface area contributed by atoms with Gasteiger partial charge in [0.2, 0.25) is 0 Å². The first-order chi connectivity index (χ1) is 14.3. The molecular weight excluding hydrogens is 352 g/mol. The van der Waals surface area contributed by atoms with E-state index in [1.807, 2.05) is 0 Å². The van der Waals surface area contributed by atoms with Crippen LogP contribution in [-0.2, 0) is 0 Å². The van der Waals surface area contributed by atoms with Crippen molar-refractivity contribution in [1.82, 2.24) is 0 Å². The molecule has 0 fully saturated rings. The lowest BCUT2D eigenvalue weighted by atomic mass is 10.0. The first kappa shape index (κ1) is 28.9. The van der Waals surface area contributed by atoms with Crippen LogP contribution in [0.1, 0.15) is 161 Å². The van der Waals surface area contributed by atoms with Crippen molar-refractivity contribution < 1.29 is 0 Å². The monoisotopic (exact) mass is 410 g/mol. The lowest BCUT2D eigenvalue weighted by Gasteiger charge is -2.07. The molecule has 2 nitrogen and oxygen atoms in total. The van der Waals surface area contributed by atoms with E-state index in [0.29, 0.717) is 6.54 Å².